The molecule has 0 spiro atoms. The number of carbonyl (C=O) groups is 1. The number of benzene rings is 2. The molecule has 0 atom stereocenters. The maximum absolute atomic E-state index is 13.2. The molecule has 0 aliphatic heterocycles. The van der Waals surface area contributed by atoms with Gasteiger partial charge in [-0.25, -0.2) is 4.68 Å². The predicted octanol–water partition coefficient (Wildman–Crippen LogP) is 2.52. The summed E-state index contributed by atoms with van der Waals surface area (Å²) in [5.41, 5.74) is 1.01. The third-order valence-corrected chi connectivity index (χ3v) is 4.82. The number of nitrogens with zero attached hydrogens (tertiary/aromatic N) is 6. The van der Waals surface area contributed by atoms with Gasteiger partial charge in [-0.1, -0.05) is 18.2 Å². The van der Waals surface area contributed by atoms with Crippen molar-refractivity contribution in [3.8, 4) is 11.4 Å². The van der Waals surface area contributed by atoms with E-state index in [1.54, 1.807) is 56.5 Å². The molecule has 0 radical (unpaired) electrons. The average molecular weight is 419 g/mol. The molecular formula is C21H21N7O3. The van der Waals surface area contributed by atoms with Crippen LogP contribution in [0.4, 0.5) is 5.69 Å². The minimum absolute atomic E-state index is 0.167. The Balaban J connectivity index is 1.77. The first kappa shape index (κ1) is 20.2. The van der Waals surface area contributed by atoms with Gasteiger partial charge in [-0.2, -0.15) is 9.78 Å². The summed E-state index contributed by atoms with van der Waals surface area (Å²) in [5, 5.41) is 19.7. The molecule has 31 heavy (non-hydrogen) atoms. The average Bonchev–Trinajstić information content (AvgIpc) is 3.19. The molecule has 0 bridgehead atoms. The van der Waals surface area contributed by atoms with Crippen LogP contribution in [0.2, 0.25) is 0 Å². The van der Waals surface area contributed by atoms with Crippen LogP contribution in [0.25, 0.3) is 16.5 Å². The molecule has 0 aliphatic carbocycles. The first-order chi connectivity index (χ1) is 14.9. The number of hydrogen-bond acceptors (Lipinski definition) is 7. The number of tetrazole rings is 1. The molecular weight excluding hydrogens is 398 g/mol. The highest BCUT2D eigenvalue weighted by Crippen LogP contribution is 2.27. The molecule has 4 aromatic rings. The van der Waals surface area contributed by atoms with Crippen LogP contribution in [-0.2, 0) is 0 Å². The molecule has 1 amide bonds. The highest BCUT2D eigenvalue weighted by Gasteiger charge is 2.19. The van der Waals surface area contributed by atoms with Gasteiger partial charge in [0.2, 0.25) is 0 Å². The van der Waals surface area contributed by atoms with Gasteiger partial charge in [-0.15, -0.1) is 5.10 Å². The zero-order chi connectivity index (χ0) is 22.1. The highest BCUT2D eigenvalue weighted by molar-refractivity contribution is 6.11. The Hall–Kier alpha value is -4.08. The Kier molecular flexibility index (Phi) is 5.20. The molecule has 10 nitrogen and oxygen atoms in total. The summed E-state index contributed by atoms with van der Waals surface area (Å²) in [6.07, 6.45) is 0. The second kappa shape index (κ2) is 7.98. The van der Waals surface area contributed by atoms with Crippen LogP contribution >= 0.6 is 0 Å². The van der Waals surface area contributed by atoms with Gasteiger partial charge < -0.3 is 10.1 Å². The first-order valence-electron chi connectivity index (χ1n) is 9.67. The fraction of sp³-hybridized carbons (Fsp3) is 0.238. The maximum Gasteiger partial charge on any atom is 0.276 e. The van der Waals surface area contributed by atoms with Crippen LogP contribution < -0.4 is 15.6 Å². The van der Waals surface area contributed by atoms with Crippen LogP contribution in [0.5, 0.6) is 5.75 Å². The topological polar surface area (TPSA) is 117 Å². The monoisotopic (exact) mass is 419 g/mol. The number of nitrogens with one attached hydrogen (secondary N) is 1. The zero-order valence-corrected chi connectivity index (χ0v) is 17.5. The van der Waals surface area contributed by atoms with Gasteiger partial charge in [-0.05, 0) is 55.5 Å². The number of aromatic nitrogens is 6. The number of ether oxygens (including phenoxy) is 1. The Labute approximate surface area is 177 Å². The first-order valence-corrected chi connectivity index (χ1v) is 9.67. The largest absolute Gasteiger partial charge is 0.494 e. The fourth-order valence-corrected chi connectivity index (χ4v) is 3.30. The number of rotatable bonds is 5. The Morgan fingerprint density at radius 3 is 2.52 bits per heavy atom. The van der Waals surface area contributed by atoms with Crippen molar-refractivity contribution in [2.45, 2.75) is 26.8 Å². The van der Waals surface area contributed by atoms with E-state index in [1.165, 1.54) is 9.36 Å². The molecule has 0 fully saturated rings. The molecule has 0 unspecified atom stereocenters. The Morgan fingerprint density at radius 1 is 1.13 bits per heavy atom. The molecule has 10 heteroatoms. The van der Waals surface area contributed by atoms with E-state index in [0.717, 1.165) is 0 Å². The summed E-state index contributed by atoms with van der Waals surface area (Å²) in [5.74, 6) is 0.680. The number of amides is 1. The number of anilines is 1. The van der Waals surface area contributed by atoms with E-state index in [4.69, 9.17) is 4.74 Å². The van der Waals surface area contributed by atoms with Gasteiger partial charge in [0.25, 0.3) is 11.5 Å². The third-order valence-electron chi connectivity index (χ3n) is 4.82. The molecule has 158 valence electrons. The number of hydrogen-bond donors (Lipinski definition) is 1. The van der Waals surface area contributed by atoms with Crippen LogP contribution in [0, 0.1) is 6.92 Å². The third kappa shape index (κ3) is 3.63. The smallest absolute Gasteiger partial charge is 0.276 e. The lowest BCUT2D eigenvalue weighted by atomic mass is 10.1. The van der Waals surface area contributed by atoms with E-state index < -0.39 is 5.91 Å². The minimum Gasteiger partial charge on any atom is -0.494 e. The number of carbonyl (C=O) groups excluding carboxylic acids is 1. The summed E-state index contributed by atoms with van der Waals surface area (Å²) in [7, 11) is 1.54. The second-order valence-electron chi connectivity index (χ2n) is 7.22. The van der Waals surface area contributed by atoms with Crippen molar-refractivity contribution in [2.75, 3.05) is 12.4 Å². The molecule has 2 aromatic heterocycles. The fourth-order valence-electron chi connectivity index (χ4n) is 3.30. The van der Waals surface area contributed by atoms with Crippen molar-refractivity contribution in [3.05, 3.63) is 64.3 Å². The normalized spacial score (nSPS) is 11.1. The minimum atomic E-state index is -0.435. The van der Waals surface area contributed by atoms with E-state index in [2.05, 4.69) is 25.9 Å². The van der Waals surface area contributed by atoms with Crippen LogP contribution in [0.15, 0.2) is 47.3 Å². The van der Waals surface area contributed by atoms with Crippen molar-refractivity contribution in [3.63, 3.8) is 0 Å². The molecule has 2 aromatic carbocycles. The van der Waals surface area contributed by atoms with Gasteiger partial charge in [0.05, 0.1) is 18.5 Å². The van der Waals surface area contributed by atoms with E-state index in [1.807, 2.05) is 13.8 Å². The van der Waals surface area contributed by atoms with E-state index >= 15 is 0 Å². The van der Waals surface area contributed by atoms with E-state index in [0.29, 0.717) is 33.7 Å². The van der Waals surface area contributed by atoms with Crippen molar-refractivity contribution >= 4 is 22.4 Å². The number of methoxy groups -OCH3 is 1. The highest BCUT2D eigenvalue weighted by atomic mass is 16.5. The lowest BCUT2D eigenvalue weighted by molar-refractivity contribution is 0.102. The van der Waals surface area contributed by atoms with Crippen molar-refractivity contribution in [2.24, 2.45) is 0 Å². The van der Waals surface area contributed by atoms with E-state index in [9.17, 15) is 9.59 Å². The number of fused-ring (bicyclic) bond motifs is 1. The van der Waals surface area contributed by atoms with Gasteiger partial charge in [0.15, 0.2) is 11.5 Å². The molecule has 0 saturated carbocycles. The SMILES string of the molecule is COc1ccc(NC(=O)c2nn(C(C)C)c(=O)c3ccccc23)cc1-n1nnnc1C. The van der Waals surface area contributed by atoms with Gasteiger partial charge in [0, 0.05) is 11.1 Å². The summed E-state index contributed by atoms with van der Waals surface area (Å²) in [6.45, 7) is 5.44. The maximum atomic E-state index is 13.2. The van der Waals surface area contributed by atoms with Crippen LogP contribution in [0.1, 0.15) is 36.2 Å². The lowest BCUT2D eigenvalue weighted by Crippen LogP contribution is -2.28. The molecule has 2 heterocycles. The summed E-state index contributed by atoms with van der Waals surface area (Å²) < 4.78 is 8.24. The molecule has 4 rings (SSSR count). The molecule has 0 saturated heterocycles. The van der Waals surface area contributed by atoms with Crippen LogP contribution in [-0.4, -0.2) is 43.0 Å². The summed E-state index contributed by atoms with van der Waals surface area (Å²) in [4.78, 5) is 25.9. The van der Waals surface area contributed by atoms with Crippen molar-refractivity contribution in [1.82, 2.24) is 30.0 Å². The second-order valence-corrected chi connectivity index (χ2v) is 7.22. The van der Waals surface area contributed by atoms with Crippen molar-refractivity contribution < 1.29 is 9.53 Å². The van der Waals surface area contributed by atoms with Gasteiger partial charge in [0.1, 0.15) is 11.4 Å². The van der Waals surface area contributed by atoms with Gasteiger partial charge in [-0.3, -0.25) is 9.59 Å². The lowest BCUT2D eigenvalue weighted by Gasteiger charge is -2.14. The van der Waals surface area contributed by atoms with Crippen LogP contribution in [0.3, 0.4) is 0 Å². The van der Waals surface area contributed by atoms with E-state index in [-0.39, 0.29) is 17.3 Å². The standard InChI is InChI=1S/C21H21N7O3/c1-12(2)27-21(30)16-8-6-5-7-15(16)19(24-27)20(29)22-14-9-10-18(31-4)17(11-14)28-13(3)23-25-26-28/h5-12H,1-4H3,(H,22,29). The quantitative estimate of drug-likeness (QED) is 0.528. The summed E-state index contributed by atoms with van der Waals surface area (Å²) >= 11 is 0. The van der Waals surface area contributed by atoms with Crippen molar-refractivity contribution in [1.29, 1.82) is 0 Å². The number of aryl methyl sites for hydroxylation is 1. The van der Waals surface area contributed by atoms with Gasteiger partial charge >= 0.3 is 0 Å². The Morgan fingerprint density at radius 2 is 1.87 bits per heavy atom. The predicted molar refractivity (Wildman–Crippen MR) is 115 cm³/mol. The Bertz CT molecular complexity index is 1340. The zero-order valence-electron chi connectivity index (χ0n) is 17.5. The molecule has 0 aliphatic rings. The molecule has 1 N–H and O–H groups in total. The summed E-state index contributed by atoms with van der Waals surface area (Å²) in [6, 6.07) is 11.9.